The van der Waals surface area contributed by atoms with Crippen molar-refractivity contribution in [1.29, 1.82) is 0 Å². The summed E-state index contributed by atoms with van der Waals surface area (Å²) in [6.07, 6.45) is 0.471. The number of ether oxygens (including phenoxy) is 1. The molecule has 0 aliphatic carbocycles. The molecule has 0 aromatic heterocycles. The van der Waals surface area contributed by atoms with Crippen LogP contribution < -0.4 is 4.74 Å². The van der Waals surface area contributed by atoms with Crippen molar-refractivity contribution >= 4 is 10.8 Å². The van der Waals surface area contributed by atoms with E-state index in [4.69, 9.17) is 4.74 Å². The van der Waals surface area contributed by atoms with E-state index in [9.17, 15) is 8.78 Å². The molecule has 3 rings (SSSR count). The molecule has 112 valence electrons. The summed E-state index contributed by atoms with van der Waals surface area (Å²) in [6.45, 7) is 1.81. The smallest absolute Gasteiger partial charge is 0.166 e. The lowest BCUT2D eigenvalue weighted by atomic mass is 9.98. The van der Waals surface area contributed by atoms with Crippen molar-refractivity contribution in [2.24, 2.45) is 0 Å². The fourth-order valence-electron chi connectivity index (χ4n) is 2.60. The molecule has 0 N–H and O–H groups in total. The van der Waals surface area contributed by atoms with Crippen LogP contribution in [0.4, 0.5) is 8.78 Å². The summed E-state index contributed by atoms with van der Waals surface area (Å²) < 4.78 is 33.4. The molecule has 22 heavy (non-hydrogen) atoms. The quantitative estimate of drug-likeness (QED) is 0.633. The Bertz CT molecular complexity index is 823. The van der Waals surface area contributed by atoms with Crippen LogP contribution in [0.5, 0.6) is 5.75 Å². The van der Waals surface area contributed by atoms with Gasteiger partial charge in [-0.3, -0.25) is 0 Å². The van der Waals surface area contributed by atoms with E-state index in [1.165, 1.54) is 0 Å². The summed E-state index contributed by atoms with van der Waals surface area (Å²) in [5.41, 5.74) is 2.18. The van der Waals surface area contributed by atoms with Crippen molar-refractivity contribution in [3.05, 3.63) is 65.7 Å². The van der Waals surface area contributed by atoms with E-state index in [1.54, 1.807) is 19.2 Å². The van der Waals surface area contributed by atoms with E-state index in [-0.39, 0.29) is 0 Å². The summed E-state index contributed by atoms with van der Waals surface area (Å²) >= 11 is 0. The van der Waals surface area contributed by atoms with Crippen molar-refractivity contribution < 1.29 is 13.5 Å². The summed E-state index contributed by atoms with van der Waals surface area (Å²) in [5.74, 6) is -0.763. The summed E-state index contributed by atoms with van der Waals surface area (Å²) in [5, 5.41) is 1.02. The van der Waals surface area contributed by atoms with Gasteiger partial charge >= 0.3 is 0 Å². The zero-order chi connectivity index (χ0) is 15.7. The average Bonchev–Trinajstić information content (AvgIpc) is 2.58. The molecule has 0 fully saturated rings. The number of hydrogen-bond donors (Lipinski definition) is 0. The number of rotatable bonds is 3. The fraction of sp³-hybridized carbons (Fsp3) is 0.158. The van der Waals surface area contributed by atoms with Gasteiger partial charge in [0.1, 0.15) is 5.75 Å². The van der Waals surface area contributed by atoms with Gasteiger partial charge in [-0.25, -0.2) is 8.78 Å². The Kier molecular flexibility index (Phi) is 3.80. The van der Waals surface area contributed by atoms with Gasteiger partial charge < -0.3 is 4.74 Å². The molecule has 3 aromatic rings. The minimum absolute atomic E-state index is 0.308. The van der Waals surface area contributed by atoms with Gasteiger partial charge in [0.15, 0.2) is 11.6 Å². The van der Waals surface area contributed by atoms with Crippen LogP contribution in [-0.4, -0.2) is 7.11 Å². The first-order chi connectivity index (χ1) is 10.6. The second kappa shape index (κ2) is 5.76. The van der Waals surface area contributed by atoms with Crippen LogP contribution in [0.25, 0.3) is 21.9 Å². The van der Waals surface area contributed by atoms with Crippen LogP contribution in [0.15, 0.2) is 48.5 Å². The second-order valence-corrected chi connectivity index (χ2v) is 5.18. The van der Waals surface area contributed by atoms with Gasteiger partial charge in [0.25, 0.3) is 0 Å². The minimum atomic E-state index is -0.773. The molecular weight excluding hydrogens is 282 g/mol. The van der Waals surface area contributed by atoms with Crippen LogP contribution in [-0.2, 0) is 6.42 Å². The number of halogens is 2. The topological polar surface area (TPSA) is 9.23 Å². The first-order valence-corrected chi connectivity index (χ1v) is 7.19. The van der Waals surface area contributed by atoms with E-state index in [0.29, 0.717) is 22.8 Å². The summed E-state index contributed by atoms with van der Waals surface area (Å²) in [7, 11) is 1.61. The third-order valence-electron chi connectivity index (χ3n) is 3.90. The van der Waals surface area contributed by atoms with E-state index in [0.717, 1.165) is 16.9 Å². The Labute approximate surface area is 128 Å². The lowest BCUT2D eigenvalue weighted by Crippen LogP contribution is -1.95. The lowest BCUT2D eigenvalue weighted by Gasteiger charge is -2.09. The number of aryl methyl sites for hydroxylation is 1. The molecule has 3 aromatic carbocycles. The number of methoxy groups -OCH3 is 1. The van der Waals surface area contributed by atoms with Crippen LogP contribution in [0.1, 0.15) is 12.5 Å². The van der Waals surface area contributed by atoms with Gasteiger partial charge in [-0.1, -0.05) is 31.2 Å². The highest BCUT2D eigenvalue weighted by Crippen LogP contribution is 2.30. The first kappa shape index (κ1) is 14.5. The third-order valence-corrected chi connectivity index (χ3v) is 3.90. The highest BCUT2D eigenvalue weighted by molar-refractivity contribution is 5.88. The fourth-order valence-corrected chi connectivity index (χ4v) is 2.60. The Hall–Kier alpha value is -2.42. The van der Waals surface area contributed by atoms with Gasteiger partial charge in [0.2, 0.25) is 0 Å². The van der Waals surface area contributed by atoms with Crippen molar-refractivity contribution in [1.82, 2.24) is 0 Å². The zero-order valence-electron chi connectivity index (χ0n) is 12.5. The van der Waals surface area contributed by atoms with Crippen LogP contribution in [0.2, 0.25) is 0 Å². The second-order valence-electron chi connectivity index (χ2n) is 5.18. The van der Waals surface area contributed by atoms with Gasteiger partial charge in [-0.2, -0.15) is 0 Å². The van der Waals surface area contributed by atoms with Gasteiger partial charge in [0.05, 0.1) is 7.11 Å². The molecule has 0 heterocycles. The first-order valence-electron chi connectivity index (χ1n) is 7.19. The van der Waals surface area contributed by atoms with Gasteiger partial charge in [-0.15, -0.1) is 0 Å². The van der Waals surface area contributed by atoms with Crippen molar-refractivity contribution in [2.75, 3.05) is 7.11 Å². The molecule has 0 aliphatic heterocycles. The molecular formula is C19H16F2O. The van der Waals surface area contributed by atoms with E-state index < -0.39 is 11.6 Å². The molecule has 0 radical (unpaired) electrons. The highest BCUT2D eigenvalue weighted by atomic mass is 19.2. The Morgan fingerprint density at radius 1 is 0.864 bits per heavy atom. The minimum Gasteiger partial charge on any atom is -0.497 e. The maximum Gasteiger partial charge on any atom is 0.166 e. The van der Waals surface area contributed by atoms with Crippen molar-refractivity contribution in [2.45, 2.75) is 13.3 Å². The van der Waals surface area contributed by atoms with Crippen LogP contribution in [0, 0.1) is 11.6 Å². The molecule has 3 heteroatoms. The van der Waals surface area contributed by atoms with E-state index in [1.807, 2.05) is 43.3 Å². The maximum absolute atomic E-state index is 14.3. The predicted octanol–water partition coefficient (Wildman–Crippen LogP) is 5.36. The normalized spacial score (nSPS) is 10.9. The molecule has 0 bridgehead atoms. The standard InChI is InChI=1S/C19H16F2O/c1-3-12-10-15-5-4-14(11-17(15)19(21)18(12)20)13-6-8-16(22-2)9-7-13/h4-11H,3H2,1-2H3. The molecule has 0 amide bonds. The maximum atomic E-state index is 14.3. The molecule has 0 saturated carbocycles. The van der Waals surface area contributed by atoms with Crippen molar-refractivity contribution in [3.63, 3.8) is 0 Å². The molecule has 0 saturated heterocycles. The number of benzene rings is 3. The summed E-state index contributed by atoms with van der Waals surface area (Å²) in [4.78, 5) is 0. The Morgan fingerprint density at radius 3 is 2.18 bits per heavy atom. The Balaban J connectivity index is 2.14. The predicted molar refractivity (Wildman–Crippen MR) is 85.2 cm³/mol. The molecule has 0 spiro atoms. The lowest BCUT2D eigenvalue weighted by molar-refractivity contribution is 0.415. The van der Waals surface area contributed by atoms with E-state index in [2.05, 4.69) is 0 Å². The van der Waals surface area contributed by atoms with Gasteiger partial charge in [0, 0.05) is 5.39 Å². The Morgan fingerprint density at radius 2 is 1.55 bits per heavy atom. The third kappa shape index (κ3) is 2.43. The van der Waals surface area contributed by atoms with Gasteiger partial charge in [-0.05, 0) is 52.8 Å². The molecule has 0 aliphatic rings. The number of hydrogen-bond acceptors (Lipinski definition) is 1. The van der Waals surface area contributed by atoms with Crippen molar-refractivity contribution in [3.8, 4) is 16.9 Å². The molecule has 0 atom stereocenters. The SMILES string of the molecule is CCc1cc2ccc(-c3ccc(OC)cc3)cc2c(F)c1F. The molecule has 0 unspecified atom stereocenters. The zero-order valence-corrected chi connectivity index (χ0v) is 12.5. The van der Waals surface area contributed by atoms with Crippen LogP contribution in [0.3, 0.4) is 0 Å². The monoisotopic (exact) mass is 298 g/mol. The van der Waals surface area contributed by atoms with Crippen LogP contribution >= 0.6 is 0 Å². The number of fused-ring (bicyclic) bond motifs is 1. The summed E-state index contributed by atoms with van der Waals surface area (Å²) in [6, 6.07) is 14.6. The highest BCUT2D eigenvalue weighted by Gasteiger charge is 2.13. The van der Waals surface area contributed by atoms with E-state index >= 15 is 0 Å². The average molecular weight is 298 g/mol. The largest absolute Gasteiger partial charge is 0.497 e. The molecule has 1 nitrogen and oxygen atoms in total.